The molecule has 2 aromatic heterocycles. The van der Waals surface area contributed by atoms with Crippen LogP contribution in [0.15, 0.2) is 60.9 Å². The molecule has 1 atom stereocenters. The van der Waals surface area contributed by atoms with Crippen LogP contribution in [0.3, 0.4) is 0 Å². The first-order valence-corrected chi connectivity index (χ1v) is 10.5. The molecule has 7 heteroatoms. The van der Waals surface area contributed by atoms with Crippen LogP contribution in [0.2, 0.25) is 0 Å². The Kier molecular flexibility index (Phi) is 4.88. The van der Waals surface area contributed by atoms with E-state index in [4.69, 9.17) is 11.5 Å². The van der Waals surface area contributed by atoms with Gasteiger partial charge in [-0.05, 0) is 61.1 Å². The van der Waals surface area contributed by atoms with Gasteiger partial charge in [-0.15, -0.1) is 0 Å². The van der Waals surface area contributed by atoms with Crippen LogP contribution in [0.5, 0.6) is 0 Å². The predicted octanol–water partition coefficient (Wildman–Crippen LogP) is 3.00. The highest BCUT2D eigenvalue weighted by molar-refractivity contribution is 5.95. The van der Waals surface area contributed by atoms with Crippen LogP contribution in [0.4, 0.5) is 11.5 Å². The van der Waals surface area contributed by atoms with Gasteiger partial charge in [0.2, 0.25) is 5.91 Å². The van der Waals surface area contributed by atoms with E-state index in [9.17, 15) is 4.79 Å². The van der Waals surface area contributed by atoms with Crippen molar-refractivity contribution in [2.24, 2.45) is 5.73 Å². The molecule has 1 aliphatic rings. The summed E-state index contributed by atoms with van der Waals surface area (Å²) in [5.74, 6) is 0.269. The summed E-state index contributed by atoms with van der Waals surface area (Å²) in [6.45, 7) is 0. The highest BCUT2D eigenvalue weighted by Gasteiger charge is 2.25. The topological polar surface area (TPSA) is 112 Å². The normalized spacial score (nSPS) is 13.8. The predicted molar refractivity (Wildman–Crippen MR) is 122 cm³/mol. The molecule has 0 saturated carbocycles. The van der Waals surface area contributed by atoms with Gasteiger partial charge < -0.3 is 21.4 Å². The van der Waals surface area contributed by atoms with Gasteiger partial charge in [-0.25, -0.2) is 9.97 Å². The van der Waals surface area contributed by atoms with Crippen molar-refractivity contribution >= 4 is 28.4 Å². The van der Waals surface area contributed by atoms with Gasteiger partial charge in [0, 0.05) is 17.1 Å². The molecule has 31 heavy (non-hydrogen) atoms. The molecule has 1 unspecified atom stereocenters. The minimum atomic E-state index is -0.615. The van der Waals surface area contributed by atoms with Gasteiger partial charge in [-0.2, -0.15) is 0 Å². The maximum absolute atomic E-state index is 12.5. The molecule has 0 spiro atoms. The Morgan fingerprint density at radius 2 is 1.84 bits per heavy atom. The number of nitrogens with one attached hydrogen (secondary N) is 1. The minimum Gasteiger partial charge on any atom is -0.382 e. The van der Waals surface area contributed by atoms with Crippen LogP contribution in [0.25, 0.3) is 16.7 Å². The fraction of sp³-hybridized carbons (Fsp3) is 0.208. The first kappa shape index (κ1) is 19.3. The summed E-state index contributed by atoms with van der Waals surface area (Å²) < 4.78 is 2.15. The lowest BCUT2D eigenvalue weighted by Crippen LogP contribution is -2.37. The van der Waals surface area contributed by atoms with E-state index in [1.54, 1.807) is 0 Å². The van der Waals surface area contributed by atoms with Crippen molar-refractivity contribution in [3.63, 3.8) is 0 Å². The second-order valence-corrected chi connectivity index (χ2v) is 7.90. The number of amides is 1. The van der Waals surface area contributed by atoms with Gasteiger partial charge in [0.05, 0.1) is 11.6 Å². The molecule has 2 aromatic carbocycles. The van der Waals surface area contributed by atoms with E-state index in [0.29, 0.717) is 17.9 Å². The third-order valence-electron chi connectivity index (χ3n) is 5.85. The molecule has 1 amide bonds. The highest BCUT2D eigenvalue weighted by atomic mass is 16.2. The van der Waals surface area contributed by atoms with Crippen molar-refractivity contribution < 1.29 is 4.79 Å². The molecule has 5 N–H and O–H groups in total. The molecule has 0 aliphatic heterocycles. The van der Waals surface area contributed by atoms with E-state index in [-0.39, 0.29) is 5.91 Å². The number of benzene rings is 2. The van der Waals surface area contributed by atoms with Crippen LogP contribution >= 0.6 is 0 Å². The van der Waals surface area contributed by atoms with Crippen molar-refractivity contribution in [2.45, 2.75) is 31.7 Å². The summed E-state index contributed by atoms with van der Waals surface area (Å²) >= 11 is 0. The van der Waals surface area contributed by atoms with Gasteiger partial charge in [-0.1, -0.05) is 30.3 Å². The molecule has 0 saturated heterocycles. The molecule has 2 heterocycles. The Morgan fingerprint density at radius 1 is 1.06 bits per heavy atom. The van der Waals surface area contributed by atoms with Gasteiger partial charge >= 0.3 is 0 Å². The molecule has 0 fully saturated rings. The molecular weight excluding hydrogens is 388 g/mol. The smallest absolute Gasteiger partial charge is 0.241 e. The zero-order valence-electron chi connectivity index (χ0n) is 17.1. The van der Waals surface area contributed by atoms with Gasteiger partial charge in [-0.3, -0.25) is 4.79 Å². The number of hydrogen-bond acceptors (Lipinski definition) is 5. The Hall–Kier alpha value is -3.71. The van der Waals surface area contributed by atoms with Crippen LogP contribution in [0.1, 0.15) is 23.2 Å². The standard InChI is InChI=1S/C24H24N6O/c25-19(13-15-5-2-1-3-6-15)24(31)29-16-9-11-17(12-10-16)30-20-8-4-7-18(20)21-22(30)23(26)28-14-27-21/h1-3,5-6,9-12,14,19H,4,7-8,13,25H2,(H,29,31)(H2,26,27,28). The number of anilines is 2. The molecule has 1 aliphatic carbocycles. The summed E-state index contributed by atoms with van der Waals surface area (Å²) in [6.07, 6.45) is 5.11. The number of nitrogen functional groups attached to an aromatic ring is 1. The van der Waals surface area contributed by atoms with Crippen LogP contribution < -0.4 is 16.8 Å². The number of nitrogens with zero attached hydrogens (tertiary/aromatic N) is 3. The van der Waals surface area contributed by atoms with E-state index in [2.05, 4.69) is 19.9 Å². The summed E-state index contributed by atoms with van der Waals surface area (Å²) in [6, 6.07) is 16.9. The number of rotatable bonds is 5. The van der Waals surface area contributed by atoms with E-state index in [1.165, 1.54) is 17.6 Å². The summed E-state index contributed by atoms with van der Waals surface area (Å²) in [7, 11) is 0. The largest absolute Gasteiger partial charge is 0.382 e. The average molecular weight is 412 g/mol. The first-order chi connectivity index (χ1) is 15.1. The molecule has 156 valence electrons. The van der Waals surface area contributed by atoms with E-state index in [1.807, 2.05) is 54.6 Å². The quantitative estimate of drug-likeness (QED) is 0.466. The van der Waals surface area contributed by atoms with Gasteiger partial charge in [0.1, 0.15) is 11.8 Å². The number of carbonyl (C=O) groups excluding carboxylic acids is 1. The number of carbonyl (C=O) groups is 1. The zero-order chi connectivity index (χ0) is 21.4. The number of aromatic nitrogens is 3. The van der Waals surface area contributed by atoms with E-state index < -0.39 is 6.04 Å². The third-order valence-corrected chi connectivity index (χ3v) is 5.85. The van der Waals surface area contributed by atoms with Gasteiger partial charge in [0.15, 0.2) is 5.82 Å². The van der Waals surface area contributed by atoms with Crippen LogP contribution in [-0.2, 0) is 24.1 Å². The van der Waals surface area contributed by atoms with Crippen molar-refractivity contribution in [3.05, 3.63) is 77.7 Å². The molecular formula is C24H24N6O. The Balaban J connectivity index is 1.38. The van der Waals surface area contributed by atoms with Gasteiger partial charge in [0.25, 0.3) is 0 Å². The lowest BCUT2D eigenvalue weighted by Gasteiger charge is -2.14. The Bertz CT molecular complexity index is 1250. The number of aryl methyl sites for hydroxylation is 1. The van der Waals surface area contributed by atoms with E-state index >= 15 is 0 Å². The maximum atomic E-state index is 12.5. The van der Waals surface area contributed by atoms with E-state index in [0.717, 1.165) is 41.5 Å². The zero-order valence-corrected chi connectivity index (χ0v) is 17.1. The van der Waals surface area contributed by atoms with Crippen LogP contribution in [0, 0.1) is 0 Å². The molecule has 0 radical (unpaired) electrons. The molecule has 0 bridgehead atoms. The molecule has 4 aromatic rings. The highest BCUT2D eigenvalue weighted by Crippen LogP contribution is 2.36. The van der Waals surface area contributed by atoms with Crippen molar-refractivity contribution in [1.29, 1.82) is 0 Å². The SMILES string of the molecule is Nc1ncnc2c3c(n(-c4ccc(NC(=O)C(N)Cc5ccccc5)cc4)c12)CCC3. The minimum absolute atomic E-state index is 0.207. The van der Waals surface area contributed by atoms with Crippen molar-refractivity contribution in [3.8, 4) is 5.69 Å². The second-order valence-electron chi connectivity index (χ2n) is 7.90. The van der Waals surface area contributed by atoms with Crippen molar-refractivity contribution in [1.82, 2.24) is 14.5 Å². The maximum Gasteiger partial charge on any atom is 0.241 e. The third kappa shape index (κ3) is 3.53. The lowest BCUT2D eigenvalue weighted by atomic mass is 10.1. The summed E-state index contributed by atoms with van der Waals surface area (Å²) in [4.78, 5) is 21.2. The number of fused-ring (bicyclic) bond motifs is 3. The lowest BCUT2D eigenvalue weighted by molar-refractivity contribution is -0.117. The number of nitrogens with two attached hydrogens (primary N) is 2. The monoisotopic (exact) mass is 412 g/mol. The fourth-order valence-corrected chi connectivity index (χ4v) is 4.37. The first-order valence-electron chi connectivity index (χ1n) is 10.5. The fourth-order valence-electron chi connectivity index (χ4n) is 4.37. The summed E-state index contributed by atoms with van der Waals surface area (Å²) in [5, 5.41) is 2.91. The molecule has 7 nitrogen and oxygen atoms in total. The number of hydrogen-bond donors (Lipinski definition) is 3. The van der Waals surface area contributed by atoms with Crippen LogP contribution in [-0.4, -0.2) is 26.5 Å². The Labute approximate surface area is 180 Å². The Morgan fingerprint density at radius 3 is 2.61 bits per heavy atom. The molecule has 5 rings (SSSR count). The average Bonchev–Trinajstić information content (AvgIpc) is 3.37. The summed E-state index contributed by atoms with van der Waals surface area (Å²) in [5.41, 5.74) is 19.3. The van der Waals surface area contributed by atoms with Crippen molar-refractivity contribution in [2.75, 3.05) is 11.1 Å². The second kappa shape index (κ2) is 7.85.